The largest absolute Gasteiger partial charge is 0.493 e. The van der Waals surface area contributed by atoms with Crippen molar-refractivity contribution in [1.82, 2.24) is 9.71 Å². The van der Waals surface area contributed by atoms with Gasteiger partial charge < -0.3 is 4.84 Å². The highest BCUT2D eigenvalue weighted by Crippen LogP contribution is 2.14. The van der Waals surface area contributed by atoms with Gasteiger partial charge in [-0.1, -0.05) is 0 Å². The van der Waals surface area contributed by atoms with E-state index in [1.807, 2.05) is 0 Å². The molecule has 0 radical (unpaired) electrons. The molecule has 1 aromatic rings. The lowest BCUT2D eigenvalue weighted by atomic mass is 10.7. The van der Waals surface area contributed by atoms with Crippen molar-refractivity contribution in [3.05, 3.63) is 28.9 Å². The van der Waals surface area contributed by atoms with E-state index >= 15 is 0 Å². The van der Waals surface area contributed by atoms with E-state index in [-0.39, 0.29) is 4.73 Å². The molecule has 0 aliphatic heterocycles. The predicted octanol–water partition coefficient (Wildman–Crippen LogP) is -0.239. The van der Waals surface area contributed by atoms with Crippen molar-refractivity contribution in [1.29, 1.82) is 0 Å². The van der Waals surface area contributed by atoms with Crippen LogP contribution in [-0.2, 0) is 4.79 Å². The fourth-order valence-electron chi connectivity index (χ4n) is 0.555. The first-order valence-corrected chi connectivity index (χ1v) is 3.24. The molecule has 0 unspecified atom stereocenters. The maximum Gasteiger partial charge on any atom is 0.493 e. The van der Waals surface area contributed by atoms with Crippen LogP contribution in [0.2, 0.25) is 0 Å². The summed E-state index contributed by atoms with van der Waals surface area (Å²) in [6.07, 6.45) is -3.24. The molecule has 0 bridgehead atoms. The minimum absolute atomic E-state index is 0.0931. The van der Waals surface area contributed by atoms with Gasteiger partial charge in [0.2, 0.25) is 0 Å². The monoisotopic (exact) mass is 208 g/mol. The number of alkyl halides is 3. The molecule has 0 N–H and O–H groups in total. The van der Waals surface area contributed by atoms with Gasteiger partial charge in [-0.2, -0.15) is 18.2 Å². The van der Waals surface area contributed by atoms with Gasteiger partial charge >= 0.3 is 17.8 Å². The minimum atomic E-state index is -5.14. The highest BCUT2D eigenvalue weighted by atomic mass is 19.4. The standard InChI is InChI=1S/C6H3F3N2O3/c7-6(8,9)4(12)14-11-3-1-2-10-5(11)13/h1-3H. The van der Waals surface area contributed by atoms with E-state index in [4.69, 9.17) is 0 Å². The van der Waals surface area contributed by atoms with E-state index < -0.39 is 17.8 Å². The molecule has 0 atom stereocenters. The molecular weight excluding hydrogens is 205 g/mol. The lowest BCUT2D eigenvalue weighted by Gasteiger charge is -2.06. The van der Waals surface area contributed by atoms with Crippen LogP contribution in [0.4, 0.5) is 13.2 Å². The number of hydrogen-bond donors (Lipinski definition) is 0. The Balaban J connectivity index is 2.86. The summed E-state index contributed by atoms with van der Waals surface area (Å²) in [7, 11) is 0. The Labute approximate surface area is 74.7 Å². The number of hydrogen-bond acceptors (Lipinski definition) is 4. The molecule has 0 spiro atoms. The Morgan fingerprint density at radius 3 is 2.64 bits per heavy atom. The highest BCUT2D eigenvalue weighted by molar-refractivity contribution is 5.75. The number of carbonyl (C=O) groups excluding carboxylic acids is 1. The van der Waals surface area contributed by atoms with Crippen LogP contribution in [-0.4, -0.2) is 21.9 Å². The highest BCUT2D eigenvalue weighted by Gasteiger charge is 2.42. The number of nitrogens with zero attached hydrogens (tertiary/aromatic N) is 2. The first kappa shape index (κ1) is 10.2. The Morgan fingerprint density at radius 2 is 2.14 bits per heavy atom. The van der Waals surface area contributed by atoms with Crippen molar-refractivity contribution in [2.24, 2.45) is 0 Å². The number of aromatic nitrogens is 2. The van der Waals surface area contributed by atoms with Crippen LogP contribution in [0.1, 0.15) is 0 Å². The number of rotatable bonds is 1. The molecule has 0 aromatic carbocycles. The van der Waals surface area contributed by atoms with Gasteiger partial charge in [-0.15, -0.1) is 4.73 Å². The van der Waals surface area contributed by atoms with Crippen LogP contribution >= 0.6 is 0 Å². The van der Waals surface area contributed by atoms with Gasteiger partial charge in [-0.3, -0.25) is 0 Å². The van der Waals surface area contributed by atoms with Crippen molar-refractivity contribution in [2.75, 3.05) is 0 Å². The zero-order chi connectivity index (χ0) is 10.8. The zero-order valence-corrected chi connectivity index (χ0v) is 6.49. The summed E-state index contributed by atoms with van der Waals surface area (Å²) < 4.78 is 35.1. The summed E-state index contributed by atoms with van der Waals surface area (Å²) in [5, 5.41) is 0. The van der Waals surface area contributed by atoms with E-state index in [0.29, 0.717) is 0 Å². The third-order valence-electron chi connectivity index (χ3n) is 1.09. The van der Waals surface area contributed by atoms with Gasteiger partial charge in [0.05, 0.1) is 6.20 Å². The van der Waals surface area contributed by atoms with Gasteiger partial charge in [0.15, 0.2) is 0 Å². The second-order valence-electron chi connectivity index (χ2n) is 2.10. The summed E-state index contributed by atoms with van der Waals surface area (Å²) >= 11 is 0. The van der Waals surface area contributed by atoms with Gasteiger partial charge in [-0.05, 0) is 6.07 Å². The molecule has 0 saturated heterocycles. The molecule has 0 saturated carbocycles. The van der Waals surface area contributed by atoms with Crippen LogP contribution in [0, 0.1) is 0 Å². The van der Waals surface area contributed by atoms with Crippen molar-refractivity contribution in [3.63, 3.8) is 0 Å². The lowest BCUT2D eigenvalue weighted by molar-refractivity contribution is -0.200. The van der Waals surface area contributed by atoms with Crippen LogP contribution in [0.15, 0.2) is 23.3 Å². The van der Waals surface area contributed by atoms with Crippen LogP contribution in [0.5, 0.6) is 0 Å². The van der Waals surface area contributed by atoms with E-state index in [1.165, 1.54) is 0 Å². The maximum atomic E-state index is 11.7. The third-order valence-corrected chi connectivity index (χ3v) is 1.09. The molecule has 0 aliphatic rings. The third kappa shape index (κ3) is 2.31. The van der Waals surface area contributed by atoms with Crippen LogP contribution in [0.3, 0.4) is 0 Å². The van der Waals surface area contributed by atoms with Gasteiger partial charge in [-0.25, -0.2) is 9.59 Å². The number of carbonyl (C=O) groups is 1. The van der Waals surface area contributed by atoms with Crippen LogP contribution < -0.4 is 10.5 Å². The first-order valence-electron chi connectivity index (χ1n) is 3.24. The fraction of sp³-hybridized carbons (Fsp3) is 0.167. The summed E-state index contributed by atoms with van der Waals surface area (Å²) in [5.41, 5.74) is -1.11. The summed E-state index contributed by atoms with van der Waals surface area (Å²) in [5.74, 6) is -2.48. The second-order valence-corrected chi connectivity index (χ2v) is 2.10. The van der Waals surface area contributed by atoms with E-state index in [1.54, 1.807) is 0 Å². The molecule has 0 fully saturated rings. The summed E-state index contributed by atoms with van der Waals surface area (Å²) in [6, 6.07) is 1.14. The normalized spacial score (nSPS) is 11.1. The number of halogens is 3. The average molecular weight is 208 g/mol. The predicted molar refractivity (Wildman–Crippen MR) is 36.1 cm³/mol. The summed E-state index contributed by atoms with van der Waals surface area (Å²) in [4.78, 5) is 27.7. The molecule has 1 rings (SSSR count). The Hall–Kier alpha value is -1.86. The van der Waals surface area contributed by atoms with Crippen molar-refractivity contribution in [2.45, 2.75) is 6.18 Å². The van der Waals surface area contributed by atoms with Gasteiger partial charge in [0.1, 0.15) is 0 Å². The second kappa shape index (κ2) is 3.48. The molecule has 1 aromatic heterocycles. The molecular formula is C6H3F3N2O3. The molecule has 0 amide bonds. The van der Waals surface area contributed by atoms with Crippen molar-refractivity contribution < 1.29 is 22.8 Å². The fourth-order valence-corrected chi connectivity index (χ4v) is 0.555. The Bertz CT molecular complexity index is 398. The Kier molecular flexibility index (Phi) is 2.54. The average Bonchev–Trinajstić information content (AvgIpc) is 2.07. The van der Waals surface area contributed by atoms with E-state index in [2.05, 4.69) is 9.82 Å². The lowest BCUT2D eigenvalue weighted by Crippen LogP contribution is -2.38. The van der Waals surface area contributed by atoms with Crippen molar-refractivity contribution >= 4 is 5.97 Å². The van der Waals surface area contributed by atoms with Gasteiger partial charge in [0.25, 0.3) is 0 Å². The summed E-state index contributed by atoms with van der Waals surface area (Å²) in [6.45, 7) is 0. The van der Waals surface area contributed by atoms with Crippen molar-refractivity contribution in [3.8, 4) is 0 Å². The zero-order valence-electron chi connectivity index (χ0n) is 6.49. The van der Waals surface area contributed by atoms with E-state index in [9.17, 15) is 22.8 Å². The van der Waals surface area contributed by atoms with E-state index in [0.717, 1.165) is 18.5 Å². The first-order chi connectivity index (χ1) is 6.41. The SMILES string of the molecule is O=C(On1cccnc1=O)C(F)(F)F. The maximum absolute atomic E-state index is 11.7. The molecule has 0 aliphatic carbocycles. The minimum Gasteiger partial charge on any atom is -0.323 e. The topological polar surface area (TPSA) is 61.2 Å². The molecule has 76 valence electrons. The molecule has 14 heavy (non-hydrogen) atoms. The molecule has 8 heteroatoms. The smallest absolute Gasteiger partial charge is 0.323 e. The molecule has 5 nitrogen and oxygen atoms in total. The Morgan fingerprint density at radius 1 is 1.50 bits per heavy atom. The quantitative estimate of drug-likeness (QED) is 0.639. The molecule has 1 heterocycles. The van der Waals surface area contributed by atoms with Gasteiger partial charge in [0, 0.05) is 6.20 Å². The van der Waals surface area contributed by atoms with Crippen LogP contribution in [0.25, 0.3) is 0 Å².